The van der Waals surface area contributed by atoms with Crippen molar-refractivity contribution in [2.75, 3.05) is 6.54 Å². The van der Waals surface area contributed by atoms with Gasteiger partial charge in [0.05, 0.1) is 22.2 Å². The van der Waals surface area contributed by atoms with E-state index in [9.17, 15) is 9.18 Å². The molecule has 3 heterocycles. The van der Waals surface area contributed by atoms with E-state index < -0.39 is 6.17 Å². The first-order valence-electron chi connectivity index (χ1n) is 9.00. The number of aromatic amines is 1. The van der Waals surface area contributed by atoms with Gasteiger partial charge < -0.3 is 9.88 Å². The highest BCUT2D eigenvalue weighted by molar-refractivity contribution is 7.18. The van der Waals surface area contributed by atoms with E-state index in [1.807, 2.05) is 29.2 Å². The predicted octanol–water partition coefficient (Wildman–Crippen LogP) is 3.63. The van der Waals surface area contributed by atoms with Gasteiger partial charge in [-0.15, -0.1) is 11.3 Å². The number of H-pyrrole nitrogens is 1. The Morgan fingerprint density at radius 1 is 1.35 bits per heavy atom. The maximum absolute atomic E-state index is 13.1. The van der Waals surface area contributed by atoms with Crippen LogP contribution in [0.15, 0.2) is 30.6 Å². The summed E-state index contributed by atoms with van der Waals surface area (Å²) in [6.45, 7) is 0.639. The minimum absolute atomic E-state index is 0.0832. The summed E-state index contributed by atoms with van der Waals surface area (Å²) in [4.78, 5) is 27.4. The van der Waals surface area contributed by atoms with Crippen molar-refractivity contribution in [1.82, 2.24) is 19.9 Å². The Bertz CT molecular complexity index is 928. The number of alkyl halides is 1. The molecule has 1 aromatic carbocycles. The van der Waals surface area contributed by atoms with Crippen molar-refractivity contribution in [3.8, 4) is 0 Å². The fraction of sp³-hybridized carbons (Fsp3) is 0.421. The van der Waals surface area contributed by atoms with E-state index in [-0.39, 0.29) is 17.9 Å². The molecule has 0 spiro atoms. The Balaban J connectivity index is 1.50. The number of fused-ring (bicyclic) bond motifs is 2. The van der Waals surface area contributed by atoms with Gasteiger partial charge in [-0.2, -0.15) is 0 Å². The van der Waals surface area contributed by atoms with Crippen LogP contribution in [-0.2, 0) is 11.2 Å². The summed E-state index contributed by atoms with van der Waals surface area (Å²) >= 11 is 1.61. The summed E-state index contributed by atoms with van der Waals surface area (Å²) in [5, 5.41) is 0.893. The quantitative estimate of drug-likeness (QED) is 0.766. The monoisotopic (exact) mass is 370 g/mol. The topological polar surface area (TPSA) is 61.9 Å². The highest BCUT2D eigenvalue weighted by Crippen LogP contribution is 2.39. The zero-order valence-electron chi connectivity index (χ0n) is 14.2. The van der Waals surface area contributed by atoms with Crippen molar-refractivity contribution in [1.29, 1.82) is 0 Å². The highest BCUT2D eigenvalue weighted by Gasteiger charge is 2.38. The van der Waals surface area contributed by atoms with E-state index in [2.05, 4.69) is 9.97 Å². The van der Waals surface area contributed by atoms with Gasteiger partial charge in [0.1, 0.15) is 17.2 Å². The Labute approximate surface area is 154 Å². The molecule has 1 amide bonds. The molecule has 5 nitrogen and oxygen atoms in total. The summed E-state index contributed by atoms with van der Waals surface area (Å²) in [7, 11) is 0. The third kappa shape index (κ3) is 2.61. The molecule has 1 atom stereocenters. The van der Waals surface area contributed by atoms with Crippen molar-refractivity contribution in [2.24, 2.45) is 5.92 Å². The number of para-hydroxylation sites is 1. The molecule has 1 aliphatic carbocycles. The van der Waals surface area contributed by atoms with Gasteiger partial charge in [0.2, 0.25) is 5.91 Å². The average molecular weight is 370 g/mol. The number of carbonyl (C=O) groups is 1. The molecule has 0 bridgehead atoms. The highest BCUT2D eigenvalue weighted by atomic mass is 32.1. The number of aromatic nitrogens is 3. The number of thiazole rings is 1. The smallest absolute Gasteiger partial charge is 0.223 e. The third-order valence-corrected chi connectivity index (χ3v) is 6.52. The molecule has 5 rings (SSSR count). The first-order valence-corrected chi connectivity index (χ1v) is 9.82. The fourth-order valence-corrected chi connectivity index (χ4v) is 5.07. The predicted molar refractivity (Wildman–Crippen MR) is 97.7 cm³/mol. The maximum atomic E-state index is 13.1. The average Bonchev–Trinajstić information content (AvgIpc) is 3.25. The van der Waals surface area contributed by atoms with Crippen LogP contribution in [0.25, 0.3) is 10.2 Å². The molecule has 26 heavy (non-hydrogen) atoms. The summed E-state index contributed by atoms with van der Waals surface area (Å²) in [5.74, 6) is 0.258. The lowest BCUT2D eigenvalue weighted by Crippen LogP contribution is -2.42. The van der Waals surface area contributed by atoms with Gasteiger partial charge in [-0.25, -0.2) is 14.4 Å². The summed E-state index contributed by atoms with van der Waals surface area (Å²) in [5.41, 5.74) is 2.91. The molecule has 134 valence electrons. The number of nitrogens with zero attached hydrogens (tertiary/aromatic N) is 3. The van der Waals surface area contributed by atoms with Crippen molar-refractivity contribution in [2.45, 2.75) is 37.9 Å². The SMILES string of the molecule is O=C(CC1CC(F)C1)N1CCc2[nH]cnc2[C@H]1c1nc2ccccc2s1. The molecule has 3 aromatic rings. The Morgan fingerprint density at radius 3 is 3.00 bits per heavy atom. The van der Waals surface area contributed by atoms with E-state index in [4.69, 9.17) is 4.98 Å². The van der Waals surface area contributed by atoms with E-state index >= 15 is 0 Å². The zero-order valence-corrected chi connectivity index (χ0v) is 15.0. The molecule has 0 radical (unpaired) electrons. The lowest BCUT2D eigenvalue weighted by Gasteiger charge is -2.36. The second-order valence-corrected chi connectivity index (χ2v) is 8.23. The number of halogens is 1. The molecule has 1 aliphatic heterocycles. The van der Waals surface area contributed by atoms with Crippen molar-refractivity contribution in [3.63, 3.8) is 0 Å². The number of rotatable bonds is 3. The fourth-order valence-electron chi connectivity index (χ4n) is 3.99. The number of benzene rings is 1. The zero-order chi connectivity index (χ0) is 17.7. The van der Waals surface area contributed by atoms with Crippen LogP contribution in [-0.4, -0.2) is 38.5 Å². The lowest BCUT2D eigenvalue weighted by molar-refractivity contribution is -0.135. The van der Waals surface area contributed by atoms with E-state index in [1.165, 1.54) is 0 Å². The molecule has 2 aliphatic rings. The Morgan fingerprint density at radius 2 is 2.19 bits per heavy atom. The first-order chi connectivity index (χ1) is 12.7. The molecule has 0 saturated heterocycles. The molecular weight excluding hydrogens is 351 g/mol. The van der Waals surface area contributed by atoms with Crippen LogP contribution in [0.3, 0.4) is 0 Å². The van der Waals surface area contributed by atoms with Gasteiger partial charge in [0.15, 0.2) is 0 Å². The molecular formula is C19H19FN4OS. The standard InChI is InChI=1S/C19H19FN4OS/c20-12-7-11(8-12)9-16(25)24-6-5-14-17(22-10-21-14)18(24)19-23-13-3-1-2-4-15(13)26-19/h1-4,10-12,18H,5-9H2,(H,21,22)/t11?,12?,18-/m0/s1. The van der Waals surface area contributed by atoms with Gasteiger partial charge in [-0.1, -0.05) is 12.1 Å². The number of amides is 1. The van der Waals surface area contributed by atoms with E-state index in [1.54, 1.807) is 17.7 Å². The second-order valence-electron chi connectivity index (χ2n) is 7.16. The summed E-state index contributed by atoms with van der Waals surface area (Å²) < 4.78 is 14.2. The minimum Gasteiger partial charge on any atom is -0.348 e. The minimum atomic E-state index is -0.729. The molecule has 0 unspecified atom stereocenters. The molecule has 1 N–H and O–H groups in total. The number of imidazole rings is 1. The largest absolute Gasteiger partial charge is 0.348 e. The number of carbonyl (C=O) groups excluding carboxylic acids is 1. The van der Waals surface area contributed by atoms with Crippen LogP contribution in [0, 0.1) is 5.92 Å². The summed E-state index contributed by atoms with van der Waals surface area (Å²) in [6.07, 6.45) is 3.17. The number of hydrogen-bond acceptors (Lipinski definition) is 4. The lowest BCUT2D eigenvalue weighted by atomic mass is 9.80. The molecule has 1 fully saturated rings. The third-order valence-electron chi connectivity index (χ3n) is 5.43. The van der Waals surface area contributed by atoms with Crippen LogP contribution in [0.4, 0.5) is 4.39 Å². The van der Waals surface area contributed by atoms with E-state index in [0.29, 0.717) is 25.8 Å². The van der Waals surface area contributed by atoms with Crippen LogP contribution in [0.1, 0.15) is 41.7 Å². The molecule has 1 saturated carbocycles. The molecule has 2 aromatic heterocycles. The second kappa shape index (κ2) is 6.16. The van der Waals surface area contributed by atoms with Crippen molar-refractivity contribution in [3.05, 3.63) is 47.0 Å². The molecule has 7 heteroatoms. The van der Waals surface area contributed by atoms with Gasteiger partial charge in [0, 0.05) is 25.1 Å². The Hall–Kier alpha value is -2.28. The van der Waals surface area contributed by atoms with Gasteiger partial charge in [-0.3, -0.25) is 4.79 Å². The van der Waals surface area contributed by atoms with Crippen LogP contribution in [0.2, 0.25) is 0 Å². The van der Waals surface area contributed by atoms with E-state index in [0.717, 1.165) is 33.0 Å². The van der Waals surface area contributed by atoms with Gasteiger partial charge in [-0.05, 0) is 30.9 Å². The van der Waals surface area contributed by atoms with Crippen molar-refractivity contribution >= 4 is 27.5 Å². The Kier molecular flexibility index (Phi) is 3.77. The number of nitrogens with one attached hydrogen (secondary N) is 1. The normalized spacial score (nSPS) is 25.1. The first kappa shape index (κ1) is 15.9. The van der Waals surface area contributed by atoms with Crippen LogP contribution < -0.4 is 0 Å². The maximum Gasteiger partial charge on any atom is 0.223 e. The van der Waals surface area contributed by atoms with Gasteiger partial charge in [0.25, 0.3) is 0 Å². The van der Waals surface area contributed by atoms with Crippen LogP contribution in [0.5, 0.6) is 0 Å². The van der Waals surface area contributed by atoms with Crippen LogP contribution >= 0.6 is 11.3 Å². The number of hydrogen-bond donors (Lipinski definition) is 1. The summed E-state index contributed by atoms with van der Waals surface area (Å²) in [6, 6.07) is 7.76. The van der Waals surface area contributed by atoms with Crippen molar-refractivity contribution < 1.29 is 9.18 Å². The van der Waals surface area contributed by atoms with Gasteiger partial charge >= 0.3 is 0 Å².